The number of hydrogen-bond acceptors (Lipinski definition) is 4. The fourth-order valence-corrected chi connectivity index (χ4v) is 1.24. The van der Waals surface area contributed by atoms with Crippen molar-refractivity contribution in [2.75, 3.05) is 6.61 Å². The van der Waals surface area contributed by atoms with Gasteiger partial charge in [-0.3, -0.25) is 0 Å². The van der Waals surface area contributed by atoms with E-state index in [1.807, 2.05) is 0 Å². The summed E-state index contributed by atoms with van der Waals surface area (Å²) in [5.74, 6) is 1.10. The minimum Gasteiger partial charge on any atom is -0.477 e. The number of oxime groups is 1. The highest BCUT2D eigenvalue weighted by atomic mass is 16.5. The van der Waals surface area contributed by atoms with Gasteiger partial charge in [-0.2, -0.15) is 0 Å². The van der Waals surface area contributed by atoms with Gasteiger partial charge in [0.1, 0.15) is 0 Å². The number of aromatic nitrogens is 1. The summed E-state index contributed by atoms with van der Waals surface area (Å²) in [6, 6.07) is 3.43. The molecular weight excluding hydrogens is 194 g/mol. The summed E-state index contributed by atoms with van der Waals surface area (Å²) in [6.07, 6.45) is 4.05. The van der Waals surface area contributed by atoms with Crippen LogP contribution >= 0.6 is 0 Å². The Bertz CT molecular complexity index is 375. The Morgan fingerprint density at radius 2 is 2.47 bits per heavy atom. The Morgan fingerprint density at radius 1 is 1.67 bits per heavy atom. The standard InChI is InChI=1S/C10H13N3O2/c11-9(13-14)8-2-1-5-12-10(8)15-6-7-3-4-7/h1-2,5,7,14H,3-4,6H2,(H2,11,13). The van der Waals surface area contributed by atoms with Gasteiger partial charge in [0.25, 0.3) is 0 Å². The second-order valence-electron chi connectivity index (χ2n) is 3.60. The maximum atomic E-state index is 8.58. The van der Waals surface area contributed by atoms with E-state index in [1.54, 1.807) is 18.3 Å². The zero-order valence-electron chi connectivity index (χ0n) is 8.26. The van der Waals surface area contributed by atoms with Crippen LogP contribution in [0.25, 0.3) is 0 Å². The zero-order valence-corrected chi connectivity index (χ0v) is 8.26. The third-order valence-corrected chi connectivity index (χ3v) is 2.31. The van der Waals surface area contributed by atoms with Crippen molar-refractivity contribution in [2.24, 2.45) is 16.8 Å². The van der Waals surface area contributed by atoms with Gasteiger partial charge in [-0.1, -0.05) is 5.16 Å². The van der Waals surface area contributed by atoms with Gasteiger partial charge < -0.3 is 15.7 Å². The van der Waals surface area contributed by atoms with Gasteiger partial charge in [-0.25, -0.2) is 4.98 Å². The Balaban J connectivity index is 2.12. The highest BCUT2D eigenvalue weighted by Gasteiger charge is 2.22. The molecule has 1 aliphatic carbocycles. The van der Waals surface area contributed by atoms with Gasteiger partial charge in [0.05, 0.1) is 12.2 Å². The lowest BCUT2D eigenvalue weighted by Crippen LogP contribution is -2.16. The Morgan fingerprint density at radius 3 is 3.13 bits per heavy atom. The van der Waals surface area contributed by atoms with Crippen LogP contribution in [0.1, 0.15) is 18.4 Å². The van der Waals surface area contributed by atoms with Crippen molar-refractivity contribution in [1.29, 1.82) is 0 Å². The van der Waals surface area contributed by atoms with Crippen molar-refractivity contribution in [1.82, 2.24) is 4.98 Å². The summed E-state index contributed by atoms with van der Waals surface area (Å²) in [5.41, 5.74) is 6.03. The first-order valence-corrected chi connectivity index (χ1v) is 4.87. The zero-order chi connectivity index (χ0) is 10.7. The van der Waals surface area contributed by atoms with Crippen LogP contribution in [0.15, 0.2) is 23.5 Å². The maximum absolute atomic E-state index is 8.58. The number of rotatable bonds is 4. The van der Waals surface area contributed by atoms with E-state index in [0.29, 0.717) is 24.0 Å². The minimum atomic E-state index is 0.0221. The summed E-state index contributed by atoms with van der Waals surface area (Å²) < 4.78 is 5.50. The molecule has 1 aromatic heterocycles. The van der Waals surface area contributed by atoms with Crippen LogP contribution in [0.2, 0.25) is 0 Å². The smallest absolute Gasteiger partial charge is 0.224 e. The number of amidine groups is 1. The molecule has 80 valence electrons. The molecule has 0 atom stereocenters. The summed E-state index contributed by atoms with van der Waals surface area (Å²) in [5, 5.41) is 11.5. The number of nitrogens with two attached hydrogens (primary N) is 1. The normalized spacial score (nSPS) is 16.4. The van der Waals surface area contributed by atoms with E-state index in [2.05, 4.69) is 10.1 Å². The molecule has 0 aromatic carbocycles. The highest BCUT2D eigenvalue weighted by molar-refractivity contribution is 5.98. The van der Waals surface area contributed by atoms with Crippen LogP contribution in [0, 0.1) is 5.92 Å². The summed E-state index contributed by atoms with van der Waals surface area (Å²) >= 11 is 0. The van der Waals surface area contributed by atoms with Crippen molar-refractivity contribution in [3.8, 4) is 5.88 Å². The van der Waals surface area contributed by atoms with E-state index in [0.717, 1.165) is 0 Å². The summed E-state index contributed by atoms with van der Waals surface area (Å²) in [7, 11) is 0. The molecule has 1 saturated carbocycles. The van der Waals surface area contributed by atoms with Crippen LogP contribution in [-0.4, -0.2) is 22.6 Å². The van der Waals surface area contributed by atoms with Crippen LogP contribution in [0.5, 0.6) is 5.88 Å². The molecule has 0 bridgehead atoms. The third kappa shape index (κ3) is 2.37. The van der Waals surface area contributed by atoms with Gasteiger partial charge in [0.15, 0.2) is 5.84 Å². The van der Waals surface area contributed by atoms with Crippen molar-refractivity contribution in [3.05, 3.63) is 23.9 Å². The molecule has 15 heavy (non-hydrogen) atoms. The Kier molecular flexibility index (Phi) is 2.71. The van der Waals surface area contributed by atoms with Gasteiger partial charge in [-0.05, 0) is 30.9 Å². The minimum absolute atomic E-state index is 0.0221. The number of hydrogen-bond donors (Lipinski definition) is 2. The molecule has 5 heteroatoms. The van der Waals surface area contributed by atoms with Gasteiger partial charge in [0.2, 0.25) is 5.88 Å². The maximum Gasteiger partial charge on any atom is 0.224 e. The lowest BCUT2D eigenvalue weighted by atomic mass is 10.2. The van der Waals surface area contributed by atoms with Crippen molar-refractivity contribution >= 4 is 5.84 Å². The van der Waals surface area contributed by atoms with Gasteiger partial charge in [-0.15, -0.1) is 0 Å². The van der Waals surface area contributed by atoms with E-state index in [4.69, 9.17) is 15.7 Å². The SMILES string of the molecule is N/C(=N\O)c1cccnc1OCC1CC1. The molecule has 1 aliphatic rings. The highest BCUT2D eigenvalue weighted by Crippen LogP contribution is 2.29. The molecule has 0 radical (unpaired) electrons. The Hall–Kier alpha value is -1.78. The molecule has 1 fully saturated rings. The van der Waals surface area contributed by atoms with E-state index >= 15 is 0 Å². The fraction of sp³-hybridized carbons (Fsp3) is 0.400. The number of nitrogens with zero attached hydrogens (tertiary/aromatic N) is 2. The second-order valence-corrected chi connectivity index (χ2v) is 3.60. The molecule has 1 heterocycles. The molecule has 0 amide bonds. The van der Waals surface area contributed by atoms with Crippen LogP contribution < -0.4 is 10.5 Å². The number of pyridine rings is 1. The van der Waals surface area contributed by atoms with Crippen LogP contribution in [-0.2, 0) is 0 Å². The first-order chi connectivity index (χ1) is 7.31. The Labute approximate surface area is 87.6 Å². The molecule has 0 unspecified atom stereocenters. The molecule has 2 rings (SSSR count). The van der Waals surface area contributed by atoms with Crippen molar-refractivity contribution in [3.63, 3.8) is 0 Å². The van der Waals surface area contributed by atoms with Crippen molar-refractivity contribution in [2.45, 2.75) is 12.8 Å². The lowest BCUT2D eigenvalue weighted by Gasteiger charge is -2.07. The second kappa shape index (κ2) is 4.16. The molecule has 0 saturated heterocycles. The lowest BCUT2D eigenvalue weighted by molar-refractivity contribution is 0.287. The summed E-state index contributed by atoms with van der Waals surface area (Å²) in [4.78, 5) is 4.05. The fourth-order valence-electron chi connectivity index (χ4n) is 1.24. The topological polar surface area (TPSA) is 80.7 Å². The molecule has 5 nitrogen and oxygen atoms in total. The van der Waals surface area contributed by atoms with Crippen LogP contribution in [0.4, 0.5) is 0 Å². The van der Waals surface area contributed by atoms with E-state index in [9.17, 15) is 0 Å². The average Bonchev–Trinajstić information content (AvgIpc) is 3.09. The molecule has 3 N–H and O–H groups in total. The average molecular weight is 207 g/mol. The molecule has 0 spiro atoms. The predicted molar refractivity (Wildman–Crippen MR) is 55.0 cm³/mol. The largest absolute Gasteiger partial charge is 0.477 e. The van der Waals surface area contributed by atoms with Crippen molar-refractivity contribution < 1.29 is 9.94 Å². The van der Waals surface area contributed by atoms with E-state index < -0.39 is 0 Å². The molecular formula is C10H13N3O2. The predicted octanol–water partition coefficient (Wildman–Crippen LogP) is 0.965. The van der Waals surface area contributed by atoms with Gasteiger partial charge >= 0.3 is 0 Å². The first kappa shape index (κ1) is 9.76. The molecule has 1 aromatic rings. The number of ether oxygens (including phenoxy) is 1. The quantitative estimate of drug-likeness (QED) is 0.333. The third-order valence-electron chi connectivity index (χ3n) is 2.31. The summed E-state index contributed by atoms with van der Waals surface area (Å²) in [6.45, 7) is 0.655. The van der Waals surface area contributed by atoms with Crippen LogP contribution in [0.3, 0.4) is 0 Å². The van der Waals surface area contributed by atoms with E-state index in [1.165, 1.54) is 12.8 Å². The monoisotopic (exact) mass is 207 g/mol. The van der Waals surface area contributed by atoms with E-state index in [-0.39, 0.29) is 5.84 Å². The molecule has 0 aliphatic heterocycles. The van der Waals surface area contributed by atoms with Gasteiger partial charge in [0, 0.05) is 6.20 Å². The first-order valence-electron chi connectivity index (χ1n) is 4.87.